The normalized spacial score (nSPS) is 12.1. The molecule has 3 N–H and O–H groups in total. The maximum atomic E-state index is 11.9. The number of hydrogen-bond acceptors (Lipinski definition) is 4. The fourth-order valence-electron chi connectivity index (χ4n) is 1.55. The Morgan fingerprint density at radius 1 is 1.44 bits per heavy atom. The minimum absolute atomic E-state index is 0.0848. The molecular formula is C13H15N3OS. The number of rotatable bonds is 4. The summed E-state index contributed by atoms with van der Waals surface area (Å²) in [4.78, 5) is 16.1. The molecule has 1 amide bonds. The Bertz CT molecular complexity index is 508. The molecule has 2 aromatic rings. The van der Waals surface area contributed by atoms with Crippen LogP contribution in [0.25, 0.3) is 0 Å². The third-order valence-corrected chi connectivity index (χ3v) is 3.62. The molecule has 18 heavy (non-hydrogen) atoms. The quantitative estimate of drug-likeness (QED) is 0.829. The Kier molecular flexibility index (Phi) is 3.94. The smallest absolute Gasteiger partial charge is 0.251 e. The highest BCUT2D eigenvalue weighted by atomic mass is 32.1. The van der Waals surface area contributed by atoms with E-state index in [0.717, 1.165) is 5.01 Å². The van der Waals surface area contributed by atoms with E-state index < -0.39 is 0 Å². The molecule has 5 heteroatoms. The summed E-state index contributed by atoms with van der Waals surface area (Å²) < 4.78 is 0. The summed E-state index contributed by atoms with van der Waals surface area (Å²) in [5.74, 6) is 0.140. The molecule has 0 spiro atoms. The number of carbonyl (C=O) groups is 1. The zero-order valence-corrected chi connectivity index (χ0v) is 10.9. The molecule has 1 aromatic carbocycles. The molecular weight excluding hydrogens is 246 g/mol. The molecule has 0 saturated carbocycles. The highest BCUT2D eigenvalue weighted by molar-refractivity contribution is 7.09. The molecule has 0 fully saturated rings. The SMILES string of the molecule is CC(CNC(=O)c1ccc(N)cc1)c1nccs1. The first-order chi connectivity index (χ1) is 8.66. The fourth-order valence-corrected chi connectivity index (χ4v) is 2.25. The van der Waals surface area contributed by atoms with Crippen molar-refractivity contribution < 1.29 is 4.79 Å². The van der Waals surface area contributed by atoms with Crippen LogP contribution in [0.1, 0.15) is 28.2 Å². The second-order valence-electron chi connectivity index (χ2n) is 4.10. The molecule has 1 atom stereocenters. The maximum absolute atomic E-state index is 11.9. The van der Waals surface area contributed by atoms with Gasteiger partial charge >= 0.3 is 0 Å². The van der Waals surface area contributed by atoms with E-state index in [1.165, 1.54) is 0 Å². The summed E-state index contributed by atoms with van der Waals surface area (Å²) in [7, 11) is 0. The van der Waals surface area contributed by atoms with Crippen molar-refractivity contribution >= 4 is 22.9 Å². The Morgan fingerprint density at radius 3 is 2.78 bits per heavy atom. The van der Waals surface area contributed by atoms with Crippen LogP contribution in [-0.2, 0) is 0 Å². The van der Waals surface area contributed by atoms with Crippen molar-refractivity contribution in [3.63, 3.8) is 0 Å². The van der Waals surface area contributed by atoms with Crippen molar-refractivity contribution in [1.82, 2.24) is 10.3 Å². The lowest BCUT2D eigenvalue weighted by Crippen LogP contribution is -2.27. The predicted molar refractivity (Wildman–Crippen MR) is 73.7 cm³/mol. The summed E-state index contributed by atoms with van der Waals surface area (Å²) >= 11 is 1.60. The molecule has 0 aliphatic carbocycles. The van der Waals surface area contributed by atoms with Gasteiger partial charge in [0.1, 0.15) is 0 Å². The summed E-state index contributed by atoms with van der Waals surface area (Å²) in [6.45, 7) is 2.62. The van der Waals surface area contributed by atoms with Gasteiger partial charge in [-0.1, -0.05) is 6.92 Å². The molecule has 4 nitrogen and oxygen atoms in total. The number of anilines is 1. The molecule has 2 rings (SSSR count). The molecule has 94 valence electrons. The molecule has 1 heterocycles. The van der Waals surface area contributed by atoms with E-state index in [9.17, 15) is 4.79 Å². The second kappa shape index (κ2) is 5.64. The maximum Gasteiger partial charge on any atom is 0.251 e. The van der Waals surface area contributed by atoms with Crippen LogP contribution in [0.4, 0.5) is 5.69 Å². The summed E-state index contributed by atoms with van der Waals surface area (Å²) in [5, 5.41) is 5.87. The molecule has 0 aliphatic rings. The molecule has 0 aliphatic heterocycles. The predicted octanol–water partition coefficient (Wildman–Crippen LogP) is 2.26. The number of thiazole rings is 1. The molecule has 0 radical (unpaired) electrons. The van der Waals surface area contributed by atoms with Crippen molar-refractivity contribution in [3.8, 4) is 0 Å². The van der Waals surface area contributed by atoms with Gasteiger partial charge in [-0.25, -0.2) is 4.98 Å². The Morgan fingerprint density at radius 2 is 2.17 bits per heavy atom. The number of hydrogen-bond donors (Lipinski definition) is 2. The van der Waals surface area contributed by atoms with Crippen LogP contribution in [-0.4, -0.2) is 17.4 Å². The van der Waals surface area contributed by atoms with Crippen LogP contribution in [0, 0.1) is 0 Å². The first kappa shape index (κ1) is 12.6. The van der Waals surface area contributed by atoms with E-state index in [2.05, 4.69) is 10.3 Å². The highest BCUT2D eigenvalue weighted by Gasteiger charge is 2.10. The van der Waals surface area contributed by atoms with Crippen molar-refractivity contribution in [2.24, 2.45) is 0 Å². The zero-order valence-electron chi connectivity index (χ0n) is 10.1. The van der Waals surface area contributed by atoms with Crippen LogP contribution in [0.3, 0.4) is 0 Å². The third-order valence-electron chi connectivity index (χ3n) is 2.61. The van der Waals surface area contributed by atoms with Gasteiger partial charge in [0.25, 0.3) is 5.91 Å². The van der Waals surface area contributed by atoms with Crippen molar-refractivity contribution in [1.29, 1.82) is 0 Å². The van der Waals surface area contributed by atoms with Crippen LogP contribution >= 0.6 is 11.3 Å². The van der Waals surface area contributed by atoms with Crippen molar-refractivity contribution in [3.05, 3.63) is 46.4 Å². The van der Waals surface area contributed by atoms with E-state index in [-0.39, 0.29) is 11.8 Å². The average Bonchev–Trinajstić information content (AvgIpc) is 2.90. The highest BCUT2D eigenvalue weighted by Crippen LogP contribution is 2.16. The lowest BCUT2D eigenvalue weighted by Gasteiger charge is -2.10. The monoisotopic (exact) mass is 261 g/mol. The number of amides is 1. The topological polar surface area (TPSA) is 68.0 Å². The number of carbonyl (C=O) groups excluding carboxylic acids is 1. The second-order valence-corrected chi connectivity index (χ2v) is 5.03. The summed E-state index contributed by atoms with van der Waals surface area (Å²) in [6, 6.07) is 6.88. The minimum Gasteiger partial charge on any atom is -0.399 e. The van der Waals surface area contributed by atoms with Gasteiger partial charge in [-0.2, -0.15) is 0 Å². The van der Waals surface area contributed by atoms with Crippen LogP contribution in [0.5, 0.6) is 0 Å². The molecule has 0 saturated heterocycles. The van der Waals surface area contributed by atoms with Gasteiger partial charge in [-0.05, 0) is 24.3 Å². The van der Waals surface area contributed by atoms with E-state index in [0.29, 0.717) is 17.8 Å². The standard InChI is InChI=1S/C13H15N3OS/c1-9(13-15-6-7-18-13)8-16-12(17)10-2-4-11(14)5-3-10/h2-7,9H,8,14H2,1H3,(H,16,17). The van der Waals surface area contributed by atoms with Gasteiger partial charge in [0.15, 0.2) is 0 Å². The molecule has 0 bridgehead atoms. The van der Waals surface area contributed by atoms with Gasteiger partial charge in [0, 0.05) is 35.3 Å². The van der Waals surface area contributed by atoms with E-state index in [1.807, 2.05) is 12.3 Å². The number of nitrogens with two attached hydrogens (primary N) is 1. The van der Waals surface area contributed by atoms with Crippen LogP contribution < -0.4 is 11.1 Å². The lowest BCUT2D eigenvalue weighted by molar-refractivity contribution is 0.0951. The zero-order chi connectivity index (χ0) is 13.0. The third kappa shape index (κ3) is 3.07. The molecule has 1 unspecified atom stereocenters. The summed E-state index contributed by atoms with van der Waals surface area (Å²) in [6.07, 6.45) is 1.78. The number of aromatic nitrogens is 1. The average molecular weight is 261 g/mol. The first-order valence-electron chi connectivity index (χ1n) is 5.70. The van der Waals surface area contributed by atoms with E-state index in [4.69, 9.17) is 5.73 Å². The van der Waals surface area contributed by atoms with Gasteiger partial charge in [0.05, 0.1) is 5.01 Å². The van der Waals surface area contributed by atoms with Crippen molar-refractivity contribution in [2.75, 3.05) is 12.3 Å². The van der Waals surface area contributed by atoms with Crippen LogP contribution in [0.15, 0.2) is 35.8 Å². The van der Waals surface area contributed by atoms with Gasteiger partial charge in [-0.15, -0.1) is 11.3 Å². The lowest BCUT2D eigenvalue weighted by atomic mass is 10.1. The number of nitrogens with one attached hydrogen (secondary N) is 1. The summed E-state index contributed by atoms with van der Waals surface area (Å²) in [5.41, 5.74) is 6.85. The van der Waals surface area contributed by atoms with Gasteiger partial charge in [0.2, 0.25) is 0 Å². The number of nitrogen functional groups attached to an aromatic ring is 1. The van der Waals surface area contributed by atoms with Crippen molar-refractivity contribution in [2.45, 2.75) is 12.8 Å². The van der Waals surface area contributed by atoms with E-state index >= 15 is 0 Å². The first-order valence-corrected chi connectivity index (χ1v) is 6.58. The Labute approximate surface area is 110 Å². The minimum atomic E-state index is -0.0848. The Balaban J connectivity index is 1.90. The largest absolute Gasteiger partial charge is 0.399 e. The van der Waals surface area contributed by atoms with Gasteiger partial charge in [-0.3, -0.25) is 4.79 Å². The van der Waals surface area contributed by atoms with Crippen LogP contribution in [0.2, 0.25) is 0 Å². The Hall–Kier alpha value is -1.88. The molecule has 1 aromatic heterocycles. The van der Waals surface area contributed by atoms with E-state index in [1.54, 1.807) is 41.8 Å². The number of benzene rings is 1. The fraction of sp³-hybridized carbons (Fsp3) is 0.231. The van der Waals surface area contributed by atoms with Gasteiger partial charge < -0.3 is 11.1 Å². The number of nitrogens with zero attached hydrogens (tertiary/aromatic N) is 1.